The van der Waals surface area contributed by atoms with E-state index in [9.17, 15) is 14.7 Å². The van der Waals surface area contributed by atoms with Gasteiger partial charge in [0, 0.05) is 36.8 Å². The molecule has 6 nitrogen and oxygen atoms in total. The Kier molecular flexibility index (Phi) is 4.99. The van der Waals surface area contributed by atoms with Crippen LogP contribution in [0.5, 0.6) is 0 Å². The second kappa shape index (κ2) is 7.17. The van der Waals surface area contributed by atoms with Crippen LogP contribution in [0.15, 0.2) is 36.0 Å². The fourth-order valence-corrected chi connectivity index (χ4v) is 4.26. The number of aromatic nitrogens is 2. The molecule has 1 aliphatic rings. The van der Waals surface area contributed by atoms with Gasteiger partial charge < -0.3 is 10.0 Å². The lowest BCUT2D eigenvalue weighted by Gasteiger charge is -2.40. The first-order chi connectivity index (χ1) is 11.6. The van der Waals surface area contributed by atoms with Gasteiger partial charge in [0.15, 0.2) is 0 Å². The van der Waals surface area contributed by atoms with E-state index < -0.39 is 11.9 Å². The van der Waals surface area contributed by atoms with Gasteiger partial charge in [0.1, 0.15) is 0 Å². The first-order valence-corrected chi connectivity index (χ1v) is 8.97. The summed E-state index contributed by atoms with van der Waals surface area (Å²) in [6, 6.07) is 5.33. The highest BCUT2D eigenvalue weighted by molar-refractivity contribution is 7.10. The van der Waals surface area contributed by atoms with Crippen molar-refractivity contribution in [1.82, 2.24) is 14.7 Å². The lowest BCUT2D eigenvalue weighted by Crippen LogP contribution is -2.47. The van der Waals surface area contributed by atoms with E-state index in [0.29, 0.717) is 25.9 Å². The topological polar surface area (TPSA) is 75.4 Å². The Morgan fingerprint density at radius 1 is 1.46 bits per heavy atom. The van der Waals surface area contributed by atoms with Crippen molar-refractivity contribution in [2.24, 2.45) is 11.8 Å². The fourth-order valence-electron chi connectivity index (χ4n) is 3.36. The molecule has 3 atom stereocenters. The Bertz CT molecular complexity index is 684. The monoisotopic (exact) mass is 347 g/mol. The summed E-state index contributed by atoms with van der Waals surface area (Å²) in [5.74, 6) is -1.15. The van der Waals surface area contributed by atoms with E-state index in [4.69, 9.17) is 0 Å². The van der Waals surface area contributed by atoms with Crippen molar-refractivity contribution in [3.05, 3.63) is 40.8 Å². The second-order valence-electron chi connectivity index (χ2n) is 6.32. The zero-order valence-electron chi connectivity index (χ0n) is 13.5. The average Bonchev–Trinajstić information content (AvgIpc) is 3.22. The Labute approximate surface area is 144 Å². The van der Waals surface area contributed by atoms with Crippen LogP contribution in [0.2, 0.25) is 0 Å². The molecular weight excluding hydrogens is 326 g/mol. The predicted octanol–water partition coefficient (Wildman–Crippen LogP) is 2.65. The molecule has 3 rings (SSSR count). The van der Waals surface area contributed by atoms with Crippen LogP contribution in [0.3, 0.4) is 0 Å². The number of piperidine rings is 1. The molecular formula is C17H21N3O3S. The molecule has 1 aliphatic heterocycles. The molecule has 0 saturated carbocycles. The standard InChI is InChI=1S/C17H21N3O3S/c1-12(10-19-8-3-7-18-19)11-20-15(21)6-5-13(17(22)23)16(20)14-4-2-9-24-14/h2-4,7-9,12-13,16H,5-6,10-11H2,1H3,(H,22,23). The van der Waals surface area contributed by atoms with Gasteiger partial charge in [0.25, 0.3) is 0 Å². The summed E-state index contributed by atoms with van der Waals surface area (Å²) in [6.07, 6.45) is 4.33. The van der Waals surface area contributed by atoms with Gasteiger partial charge in [-0.3, -0.25) is 14.3 Å². The minimum atomic E-state index is -0.828. The van der Waals surface area contributed by atoms with Gasteiger partial charge >= 0.3 is 5.97 Å². The number of thiophene rings is 1. The molecule has 0 aliphatic carbocycles. The predicted molar refractivity (Wildman–Crippen MR) is 90.5 cm³/mol. The van der Waals surface area contributed by atoms with Gasteiger partial charge in [-0.2, -0.15) is 5.10 Å². The van der Waals surface area contributed by atoms with Crippen LogP contribution in [-0.2, 0) is 16.1 Å². The summed E-state index contributed by atoms with van der Waals surface area (Å²) in [5.41, 5.74) is 0. The van der Waals surface area contributed by atoms with Crippen molar-refractivity contribution >= 4 is 23.2 Å². The molecule has 1 amide bonds. The normalized spacial score (nSPS) is 22.5. The summed E-state index contributed by atoms with van der Waals surface area (Å²) in [5, 5.41) is 15.7. The van der Waals surface area contributed by atoms with E-state index in [-0.39, 0.29) is 17.9 Å². The van der Waals surface area contributed by atoms with Crippen molar-refractivity contribution < 1.29 is 14.7 Å². The van der Waals surface area contributed by atoms with E-state index in [0.717, 1.165) is 4.88 Å². The van der Waals surface area contributed by atoms with Crippen LogP contribution in [0.4, 0.5) is 0 Å². The van der Waals surface area contributed by atoms with Gasteiger partial charge in [-0.15, -0.1) is 11.3 Å². The maximum absolute atomic E-state index is 12.5. The quantitative estimate of drug-likeness (QED) is 0.872. The fraction of sp³-hybridized carbons (Fsp3) is 0.471. The minimum Gasteiger partial charge on any atom is -0.481 e. The van der Waals surface area contributed by atoms with E-state index in [1.807, 2.05) is 34.5 Å². The van der Waals surface area contributed by atoms with Gasteiger partial charge in [0.05, 0.1) is 12.0 Å². The Morgan fingerprint density at radius 2 is 2.29 bits per heavy atom. The van der Waals surface area contributed by atoms with Crippen LogP contribution in [0.25, 0.3) is 0 Å². The number of hydrogen-bond donors (Lipinski definition) is 1. The van der Waals surface area contributed by atoms with Crippen molar-refractivity contribution in [2.45, 2.75) is 32.4 Å². The first kappa shape index (κ1) is 16.7. The van der Waals surface area contributed by atoms with Crippen molar-refractivity contribution in [2.75, 3.05) is 6.54 Å². The largest absolute Gasteiger partial charge is 0.481 e. The third-order valence-electron chi connectivity index (χ3n) is 4.42. The van der Waals surface area contributed by atoms with Crippen LogP contribution < -0.4 is 0 Å². The summed E-state index contributed by atoms with van der Waals surface area (Å²) >= 11 is 1.51. The van der Waals surface area contributed by atoms with Crippen molar-refractivity contribution in [1.29, 1.82) is 0 Å². The van der Waals surface area contributed by atoms with Gasteiger partial charge in [-0.05, 0) is 29.9 Å². The molecule has 1 saturated heterocycles. The molecule has 0 spiro atoms. The molecule has 3 unspecified atom stereocenters. The van der Waals surface area contributed by atoms with Crippen molar-refractivity contribution in [3.63, 3.8) is 0 Å². The number of likely N-dealkylation sites (tertiary alicyclic amines) is 1. The van der Waals surface area contributed by atoms with E-state index >= 15 is 0 Å². The average molecular weight is 347 g/mol. The van der Waals surface area contributed by atoms with Gasteiger partial charge in [-0.25, -0.2) is 0 Å². The van der Waals surface area contributed by atoms with Gasteiger partial charge in [0.2, 0.25) is 5.91 Å². The smallest absolute Gasteiger partial charge is 0.308 e. The summed E-state index contributed by atoms with van der Waals surface area (Å²) in [7, 11) is 0. The highest BCUT2D eigenvalue weighted by Crippen LogP contribution is 2.39. The molecule has 1 fully saturated rings. The molecule has 2 aromatic heterocycles. The lowest BCUT2D eigenvalue weighted by molar-refractivity contribution is -0.152. The van der Waals surface area contributed by atoms with Gasteiger partial charge in [-0.1, -0.05) is 13.0 Å². The van der Waals surface area contributed by atoms with Crippen LogP contribution >= 0.6 is 11.3 Å². The second-order valence-corrected chi connectivity index (χ2v) is 7.30. The molecule has 2 aromatic rings. The number of amides is 1. The van der Waals surface area contributed by atoms with Crippen LogP contribution in [-0.4, -0.2) is 38.2 Å². The van der Waals surface area contributed by atoms with Crippen molar-refractivity contribution in [3.8, 4) is 0 Å². The number of nitrogens with zero attached hydrogens (tertiary/aromatic N) is 3. The summed E-state index contributed by atoms with van der Waals surface area (Å²) < 4.78 is 1.84. The number of hydrogen-bond acceptors (Lipinski definition) is 4. The molecule has 0 radical (unpaired) electrons. The number of carboxylic acid groups (broad SMARTS) is 1. The Hall–Kier alpha value is -2.15. The van der Waals surface area contributed by atoms with Crippen LogP contribution in [0.1, 0.15) is 30.7 Å². The number of aliphatic carboxylic acids is 1. The number of carboxylic acids is 1. The lowest BCUT2D eigenvalue weighted by atomic mass is 9.87. The zero-order chi connectivity index (χ0) is 17.1. The Morgan fingerprint density at radius 3 is 2.92 bits per heavy atom. The maximum Gasteiger partial charge on any atom is 0.308 e. The van der Waals surface area contributed by atoms with E-state index in [1.54, 1.807) is 11.1 Å². The highest BCUT2D eigenvalue weighted by Gasteiger charge is 2.41. The number of carbonyl (C=O) groups is 2. The van der Waals surface area contributed by atoms with Crippen LogP contribution in [0, 0.1) is 11.8 Å². The zero-order valence-corrected chi connectivity index (χ0v) is 14.4. The molecule has 24 heavy (non-hydrogen) atoms. The third kappa shape index (κ3) is 3.51. The highest BCUT2D eigenvalue weighted by atomic mass is 32.1. The number of rotatable bonds is 6. The van der Waals surface area contributed by atoms with E-state index in [1.165, 1.54) is 11.3 Å². The summed E-state index contributed by atoms with van der Waals surface area (Å²) in [6.45, 7) is 3.29. The molecule has 0 bridgehead atoms. The molecule has 7 heteroatoms. The summed E-state index contributed by atoms with van der Waals surface area (Å²) in [4.78, 5) is 26.9. The Balaban J connectivity index is 1.81. The first-order valence-electron chi connectivity index (χ1n) is 8.09. The maximum atomic E-state index is 12.5. The minimum absolute atomic E-state index is 0.0400. The SMILES string of the molecule is CC(CN1C(=O)CCC(C(=O)O)C1c1cccs1)Cn1cccn1. The molecule has 0 aromatic carbocycles. The molecule has 3 heterocycles. The number of carbonyl (C=O) groups excluding carboxylic acids is 1. The molecule has 128 valence electrons. The van der Waals surface area contributed by atoms with E-state index in [2.05, 4.69) is 12.0 Å². The molecule has 1 N–H and O–H groups in total. The third-order valence-corrected chi connectivity index (χ3v) is 5.37.